The summed E-state index contributed by atoms with van der Waals surface area (Å²) in [6.45, 7) is -0.666. The molecule has 2 aromatic carbocycles. The molecule has 2 rings (SSSR count). The number of nitrogens with one attached hydrogen (secondary N) is 1. The van der Waals surface area contributed by atoms with Crippen LogP contribution >= 0.6 is 27.5 Å². The molecule has 0 fully saturated rings. The number of carbonyl (C=O) groups excluding carboxylic acids is 2. The molecule has 1 amide bonds. The molecule has 5 nitrogen and oxygen atoms in total. The van der Waals surface area contributed by atoms with Crippen LogP contribution in [0.1, 0.15) is 0 Å². The smallest absolute Gasteiger partial charge is 0.344 e. The number of carbonyl (C=O) groups is 2. The van der Waals surface area contributed by atoms with Crippen LogP contribution in [-0.2, 0) is 14.3 Å². The van der Waals surface area contributed by atoms with Crippen LogP contribution in [0.5, 0.6) is 5.75 Å². The fraction of sp³-hybridized carbons (Fsp3) is 0.125. The summed E-state index contributed by atoms with van der Waals surface area (Å²) in [7, 11) is 0. The summed E-state index contributed by atoms with van der Waals surface area (Å²) in [5.41, 5.74) is 0.532. The third-order valence-corrected chi connectivity index (χ3v) is 3.41. The Labute approximate surface area is 146 Å². The van der Waals surface area contributed by atoms with Crippen LogP contribution in [0.15, 0.2) is 53.0 Å². The van der Waals surface area contributed by atoms with E-state index in [9.17, 15) is 9.59 Å². The van der Waals surface area contributed by atoms with Crippen LogP contribution < -0.4 is 10.1 Å². The van der Waals surface area contributed by atoms with Crippen molar-refractivity contribution in [2.75, 3.05) is 18.5 Å². The highest BCUT2D eigenvalue weighted by Gasteiger charge is 2.09. The van der Waals surface area contributed by atoms with Gasteiger partial charge in [-0.1, -0.05) is 33.6 Å². The molecule has 0 saturated carbocycles. The van der Waals surface area contributed by atoms with Gasteiger partial charge in [-0.15, -0.1) is 0 Å². The van der Waals surface area contributed by atoms with Gasteiger partial charge in [0.15, 0.2) is 13.2 Å². The predicted molar refractivity (Wildman–Crippen MR) is 90.7 cm³/mol. The first-order valence-corrected chi connectivity index (χ1v) is 7.79. The monoisotopic (exact) mass is 397 g/mol. The molecule has 120 valence electrons. The van der Waals surface area contributed by atoms with E-state index in [1.165, 1.54) is 0 Å². The van der Waals surface area contributed by atoms with Crippen molar-refractivity contribution < 1.29 is 19.1 Å². The lowest BCUT2D eigenvalue weighted by atomic mass is 10.3. The van der Waals surface area contributed by atoms with Crippen molar-refractivity contribution in [3.63, 3.8) is 0 Å². The van der Waals surface area contributed by atoms with Crippen molar-refractivity contribution in [2.45, 2.75) is 0 Å². The second kappa shape index (κ2) is 8.55. The maximum atomic E-state index is 11.7. The highest BCUT2D eigenvalue weighted by atomic mass is 79.9. The van der Waals surface area contributed by atoms with E-state index < -0.39 is 18.5 Å². The van der Waals surface area contributed by atoms with Gasteiger partial charge in [-0.05, 0) is 42.5 Å². The first-order chi connectivity index (χ1) is 11.0. The molecule has 0 radical (unpaired) electrons. The summed E-state index contributed by atoms with van der Waals surface area (Å²) in [4.78, 5) is 23.2. The summed E-state index contributed by atoms with van der Waals surface area (Å²) in [6.07, 6.45) is 0. The van der Waals surface area contributed by atoms with Gasteiger partial charge >= 0.3 is 5.97 Å². The van der Waals surface area contributed by atoms with Crippen molar-refractivity contribution in [1.82, 2.24) is 0 Å². The van der Waals surface area contributed by atoms with Gasteiger partial charge in [0.25, 0.3) is 5.91 Å². The average Bonchev–Trinajstić information content (AvgIpc) is 2.52. The number of ether oxygens (including phenoxy) is 2. The molecule has 2 aromatic rings. The van der Waals surface area contributed by atoms with E-state index in [2.05, 4.69) is 21.2 Å². The van der Waals surface area contributed by atoms with Crippen LogP contribution in [0, 0.1) is 0 Å². The molecule has 0 saturated heterocycles. The zero-order valence-corrected chi connectivity index (χ0v) is 14.3. The Morgan fingerprint density at radius 3 is 2.52 bits per heavy atom. The van der Waals surface area contributed by atoms with Gasteiger partial charge in [-0.2, -0.15) is 0 Å². The van der Waals surface area contributed by atoms with Crippen LogP contribution in [0.25, 0.3) is 0 Å². The van der Waals surface area contributed by atoms with E-state index in [-0.39, 0.29) is 6.61 Å². The maximum absolute atomic E-state index is 11.7. The molecule has 0 aromatic heterocycles. The minimum Gasteiger partial charge on any atom is -0.482 e. The zero-order valence-electron chi connectivity index (χ0n) is 11.9. The third kappa shape index (κ3) is 6.30. The van der Waals surface area contributed by atoms with Crippen LogP contribution in [0.4, 0.5) is 5.69 Å². The summed E-state index contributed by atoms with van der Waals surface area (Å²) in [6, 6.07) is 13.7. The Morgan fingerprint density at radius 1 is 1.09 bits per heavy atom. The van der Waals surface area contributed by atoms with E-state index in [0.29, 0.717) is 16.5 Å². The number of halogens is 2. The number of rotatable bonds is 6. The Hall–Kier alpha value is -2.05. The van der Waals surface area contributed by atoms with E-state index >= 15 is 0 Å². The summed E-state index contributed by atoms with van der Waals surface area (Å²) in [5.74, 6) is -0.549. The normalized spacial score (nSPS) is 10.0. The van der Waals surface area contributed by atoms with Gasteiger partial charge in [-0.3, -0.25) is 4.79 Å². The fourth-order valence-corrected chi connectivity index (χ4v) is 2.08. The molecule has 1 N–H and O–H groups in total. The molecule has 23 heavy (non-hydrogen) atoms. The van der Waals surface area contributed by atoms with E-state index in [1.807, 2.05) is 0 Å². The first kappa shape index (κ1) is 17.3. The number of benzene rings is 2. The van der Waals surface area contributed by atoms with E-state index in [4.69, 9.17) is 21.1 Å². The van der Waals surface area contributed by atoms with Gasteiger partial charge in [0, 0.05) is 15.2 Å². The molecule has 0 aliphatic heterocycles. The number of esters is 1. The lowest BCUT2D eigenvalue weighted by Crippen LogP contribution is -2.23. The molecule has 0 bridgehead atoms. The summed E-state index contributed by atoms with van der Waals surface area (Å²) < 4.78 is 11.0. The largest absolute Gasteiger partial charge is 0.482 e. The Morgan fingerprint density at radius 2 is 1.83 bits per heavy atom. The van der Waals surface area contributed by atoms with Gasteiger partial charge in [0.1, 0.15) is 5.75 Å². The molecule has 0 unspecified atom stereocenters. The van der Waals surface area contributed by atoms with Crippen molar-refractivity contribution in [3.8, 4) is 5.75 Å². The second-order valence-electron chi connectivity index (χ2n) is 4.46. The Balaban J connectivity index is 1.71. The third-order valence-electron chi connectivity index (χ3n) is 2.64. The van der Waals surface area contributed by atoms with Crippen LogP contribution in [0.2, 0.25) is 5.02 Å². The van der Waals surface area contributed by atoms with Crippen molar-refractivity contribution in [3.05, 3.63) is 58.0 Å². The topological polar surface area (TPSA) is 64.6 Å². The van der Waals surface area contributed by atoms with Crippen molar-refractivity contribution >= 4 is 45.1 Å². The van der Waals surface area contributed by atoms with Crippen molar-refractivity contribution in [1.29, 1.82) is 0 Å². The van der Waals surface area contributed by atoms with Gasteiger partial charge in [0.05, 0.1) is 0 Å². The Kier molecular flexibility index (Phi) is 6.43. The number of hydrogen-bond donors (Lipinski definition) is 1. The highest BCUT2D eigenvalue weighted by molar-refractivity contribution is 9.10. The fourth-order valence-electron chi connectivity index (χ4n) is 1.62. The minimum absolute atomic E-state index is 0.272. The highest BCUT2D eigenvalue weighted by Crippen LogP contribution is 2.16. The molecule has 0 aliphatic carbocycles. The SMILES string of the molecule is O=C(COC(=O)COc1ccc(Br)cc1)Nc1cccc(Cl)c1. The molecule has 0 atom stereocenters. The van der Waals surface area contributed by atoms with Gasteiger partial charge in [-0.25, -0.2) is 4.79 Å². The minimum atomic E-state index is -0.630. The summed E-state index contributed by atoms with van der Waals surface area (Å²) in [5, 5.41) is 3.07. The van der Waals surface area contributed by atoms with Crippen LogP contribution in [-0.4, -0.2) is 25.1 Å². The number of hydrogen-bond acceptors (Lipinski definition) is 4. The quantitative estimate of drug-likeness (QED) is 0.754. The lowest BCUT2D eigenvalue weighted by Gasteiger charge is -2.08. The number of anilines is 1. The van der Waals surface area contributed by atoms with E-state index in [1.54, 1.807) is 48.5 Å². The molecule has 0 heterocycles. The average molecular weight is 399 g/mol. The van der Waals surface area contributed by atoms with Crippen molar-refractivity contribution in [2.24, 2.45) is 0 Å². The standard InChI is InChI=1S/C16H13BrClNO4/c17-11-4-6-14(7-5-11)22-10-16(21)23-9-15(20)19-13-3-1-2-12(18)8-13/h1-8H,9-10H2,(H,19,20). The number of amides is 1. The molecule has 7 heteroatoms. The maximum Gasteiger partial charge on any atom is 0.344 e. The molecule has 0 aliphatic rings. The zero-order chi connectivity index (χ0) is 16.7. The van der Waals surface area contributed by atoms with Gasteiger partial charge in [0.2, 0.25) is 0 Å². The Bertz CT molecular complexity index is 691. The first-order valence-electron chi connectivity index (χ1n) is 6.62. The summed E-state index contributed by atoms with van der Waals surface area (Å²) >= 11 is 9.11. The lowest BCUT2D eigenvalue weighted by molar-refractivity contribution is -0.149. The van der Waals surface area contributed by atoms with Crippen LogP contribution in [0.3, 0.4) is 0 Å². The molecular weight excluding hydrogens is 386 g/mol. The molecule has 0 spiro atoms. The van der Waals surface area contributed by atoms with E-state index in [0.717, 1.165) is 4.47 Å². The second-order valence-corrected chi connectivity index (χ2v) is 5.81. The predicted octanol–water partition coefficient (Wildman–Crippen LogP) is 3.66. The van der Waals surface area contributed by atoms with Gasteiger partial charge < -0.3 is 14.8 Å². The molecular formula is C16H13BrClNO4.